The van der Waals surface area contributed by atoms with Crippen LogP contribution in [0.4, 0.5) is 5.82 Å². The van der Waals surface area contributed by atoms with Crippen molar-refractivity contribution >= 4 is 23.0 Å². The summed E-state index contributed by atoms with van der Waals surface area (Å²) >= 11 is 4.93. The van der Waals surface area contributed by atoms with E-state index >= 15 is 0 Å². The Kier molecular flexibility index (Phi) is 3.91. The third kappa shape index (κ3) is 3.14. The van der Waals surface area contributed by atoms with Crippen LogP contribution in [0.1, 0.15) is 18.9 Å². The summed E-state index contributed by atoms with van der Waals surface area (Å²) in [7, 11) is 0. The summed E-state index contributed by atoms with van der Waals surface area (Å²) in [6.07, 6.45) is 3.13. The molecule has 0 saturated carbocycles. The van der Waals surface area contributed by atoms with E-state index in [1.165, 1.54) is 0 Å². The number of thiocarbonyl (C=S) groups is 1. The minimum Gasteiger partial charge on any atom is -0.389 e. The molecule has 0 radical (unpaired) electrons. The van der Waals surface area contributed by atoms with E-state index < -0.39 is 0 Å². The van der Waals surface area contributed by atoms with Gasteiger partial charge in [-0.05, 0) is 25.5 Å². The lowest BCUT2D eigenvalue weighted by Crippen LogP contribution is -2.21. The van der Waals surface area contributed by atoms with E-state index in [1.807, 2.05) is 12.1 Å². The average Bonchev–Trinajstić information content (AvgIpc) is 2.72. The molecule has 3 N–H and O–H groups in total. The van der Waals surface area contributed by atoms with Crippen molar-refractivity contribution in [3.05, 3.63) is 23.9 Å². The molecule has 1 aromatic heterocycles. The number of rotatable bonds is 4. The fourth-order valence-corrected chi connectivity index (χ4v) is 2.09. The molecule has 1 aromatic rings. The molecule has 0 aliphatic carbocycles. The molecular formula is C12H17N3OS. The Morgan fingerprint density at radius 1 is 1.71 bits per heavy atom. The van der Waals surface area contributed by atoms with Crippen molar-refractivity contribution in [2.24, 2.45) is 11.7 Å². The second kappa shape index (κ2) is 5.42. The van der Waals surface area contributed by atoms with Crippen LogP contribution in [0.15, 0.2) is 18.3 Å². The number of anilines is 1. The van der Waals surface area contributed by atoms with Crippen LogP contribution in [0, 0.1) is 5.92 Å². The van der Waals surface area contributed by atoms with Gasteiger partial charge in [-0.15, -0.1) is 0 Å². The van der Waals surface area contributed by atoms with Crippen molar-refractivity contribution in [2.75, 3.05) is 18.5 Å². The van der Waals surface area contributed by atoms with E-state index in [2.05, 4.69) is 17.2 Å². The highest BCUT2D eigenvalue weighted by Gasteiger charge is 2.23. The van der Waals surface area contributed by atoms with Crippen molar-refractivity contribution in [3.63, 3.8) is 0 Å². The zero-order valence-corrected chi connectivity index (χ0v) is 10.7. The molecule has 92 valence electrons. The number of pyridine rings is 1. The molecular weight excluding hydrogens is 234 g/mol. The molecule has 1 aliphatic rings. The van der Waals surface area contributed by atoms with Crippen LogP contribution in [-0.2, 0) is 4.74 Å². The Hall–Kier alpha value is -1.20. The zero-order valence-electron chi connectivity index (χ0n) is 9.85. The number of nitrogens with one attached hydrogen (secondary N) is 1. The van der Waals surface area contributed by atoms with Gasteiger partial charge in [-0.2, -0.15) is 0 Å². The first-order valence-corrected chi connectivity index (χ1v) is 6.19. The molecule has 2 unspecified atom stereocenters. The van der Waals surface area contributed by atoms with Gasteiger partial charge in [0, 0.05) is 30.8 Å². The van der Waals surface area contributed by atoms with Gasteiger partial charge in [-0.1, -0.05) is 12.2 Å². The van der Waals surface area contributed by atoms with Gasteiger partial charge in [0.2, 0.25) is 0 Å². The van der Waals surface area contributed by atoms with Gasteiger partial charge in [0.15, 0.2) is 0 Å². The lowest BCUT2D eigenvalue weighted by atomic mass is 10.0. The summed E-state index contributed by atoms with van der Waals surface area (Å²) in [5.41, 5.74) is 6.42. The topological polar surface area (TPSA) is 60.2 Å². The summed E-state index contributed by atoms with van der Waals surface area (Å²) in [5.74, 6) is 1.36. The number of aromatic nitrogens is 1. The van der Waals surface area contributed by atoms with Crippen molar-refractivity contribution in [1.82, 2.24) is 4.98 Å². The minimum atomic E-state index is 0.321. The first-order valence-electron chi connectivity index (χ1n) is 5.78. The van der Waals surface area contributed by atoms with E-state index in [0.29, 0.717) is 17.0 Å². The van der Waals surface area contributed by atoms with Gasteiger partial charge < -0.3 is 15.8 Å². The van der Waals surface area contributed by atoms with Gasteiger partial charge >= 0.3 is 0 Å². The molecule has 5 heteroatoms. The molecule has 2 heterocycles. The Bertz CT molecular complexity index is 410. The summed E-state index contributed by atoms with van der Waals surface area (Å²) < 4.78 is 5.51. The van der Waals surface area contributed by atoms with Crippen molar-refractivity contribution < 1.29 is 4.74 Å². The number of nitrogens with two attached hydrogens (primary N) is 1. The second-order valence-electron chi connectivity index (χ2n) is 4.30. The number of hydrogen-bond acceptors (Lipinski definition) is 4. The minimum absolute atomic E-state index is 0.321. The lowest BCUT2D eigenvalue weighted by molar-refractivity contribution is 0.108. The fourth-order valence-electron chi connectivity index (χ4n) is 1.96. The number of nitrogens with zero attached hydrogens (tertiary/aromatic N) is 1. The molecule has 0 aromatic carbocycles. The SMILES string of the molecule is CC1OCCC1CNc1cc(C(N)=S)ccn1. The number of ether oxygens (including phenoxy) is 1. The fraction of sp³-hybridized carbons (Fsp3) is 0.500. The average molecular weight is 251 g/mol. The van der Waals surface area contributed by atoms with E-state index in [4.69, 9.17) is 22.7 Å². The quantitative estimate of drug-likeness (QED) is 0.795. The van der Waals surface area contributed by atoms with E-state index in [0.717, 1.165) is 31.0 Å². The van der Waals surface area contributed by atoms with Crippen molar-refractivity contribution in [2.45, 2.75) is 19.4 Å². The standard InChI is InChI=1S/C12H17N3OS/c1-8-10(3-5-16-8)7-15-11-6-9(12(13)17)2-4-14-11/h2,4,6,8,10H,3,5,7H2,1H3,(H2,13,17)(H,14,15). The summed E-state index contributed by atoms with van der Waals surface area (Å²) in [6, 6.07) is 3.69. The molecule has 4 nitrogen and oxygen atoms in total. The highest BCUT2D eigenvalue weighted by Crippen LogP contribution is 2.20. The monoisotopic (exact) mass is 251 g/mol. The molecule has 1 saturated heterocycles. The van der Waals surface area contributed by atoms with E-state index in [-0.39, 0.29) is 0 Å². The van der Waals surface area contributed by atoms with Crippen LogP contribution in [0.3, 0.4) is 0 Å². The van der Waals surface area contributed by atoms with Gasteiger partial charge in [0.25, 0.3) is 0 Å². The summed E-state index contributed by atoms with van der Waals surface area (Å²) in [4.78, 5) is 4.64. The van der Waals surface area contributed by atoms with Gasteiger partial charge in [-0.25, -0.2) is 4.98 Å². The molecule has 0 spiro atoms. The van der Waals surface area contributed by atoms with Crippen molar-refractivity contribution in [1.29, 1.82) is 0 Å². The van der Waals surface area contributed by atoms with Crippen LogP contribution in [0.2, 0.25) is 0 Å². The Morgan fingerprint density at radius 3 is 3.18 bits per heavy atom. The van der Waals surface area contributed by atoms with Crippen LogP contribution in [0.25, 0.3) is 0 Å². The summed E-state index contributed by atoms with van der Waals surface area (Å²) in [6.45, 7) is 3.83. The second-order valence-corrected chi connectivity index (χ2v) is 4.74. The molecule has 0 bridgehead atoms. The third-order valence-corrected chi connectivity index (χ3v) is 3.36. The van der Waals surface area contributed by atoms with Crippen LogP contribution >= 0.6 is 12.2 Å². The Morgan fingerprint density at radius 2 is 2.53 bits per heavy atom. The van der Waals surface area contributed by atoms with Gasteiger partial charge in [-0.3, -0.25) is 0 Å². The van der Waals surface area contributed by atoms with Crippen LogP contribution in [-0.4, -0.2) is 29.2 Å². The number of hydrogen-bond donors (Lipinski definition) is 2. The molecule has 1 aliphatic heterocycles. The highest BCUT2D eigenvalue weighted by atomic mass is 32.1. The predicted octanol–water partition coefficient (Wildman–Crippen LogP) is 1.55. The maximum atomic E-state index is 5.58. The first kappa shape index (κ1) is 12.3. The maximum absolute atomic E-state index is 5.58. The van der Waals surface area contributed by atoms with Gasteiger partial charge in [0.1, 0.15) is 10.8 Å². The molecule has 2 atom stereocenters. The van der Waals surface area contributed by atoms with Crippen LogP contribution in [0.5, 0.6) is 0 Å². The van der Waals surface area contributed by atoms with Crippen molar-refractivity contribution in [3.8, 4) is 0 Å². The van der Waals surface area contributed by atoms with Crippen LogP contribution < -0.4 is 11.1 Å². The largest absolute Gasteiger partial charge is 0.389 e. The third-order valence-electron chi connectivity index (χ3n) is 3.12. The normalized spacial score (nSPS) is 23.6. The van der Waals surface area contributed by atoms with E-state index in [1.54, 1.807) is 6.20 Å². The molecule has 1 fully saturated rings. The van der Waals surface area contributed by atoms with E-state index in [9.17, 15) is 0 Å². The smallest absolute Gasteiger partial charge is 0.126 e. The highest BCUT2D eigenvalue weighted by molar-refractivity contribution is 7.80. The predicted molar refractivity (Wildman–Crippen MR) is 72.1 cm³/mol. The first-order chi connectivity index (χ1) is 8.16. The maximum Gasteiger partial charge on any atom is 0.126 e. The Labute approximate surface area is 107 Å². The summed E-state index contributed by atoms with van der Waals surface area (Å²) in [5, 5.41) is 3.31. The van der Waals surface area contributed by atoms with Gasteiger partial charge in [0.05, 0.1) is 6.10 Å². The molecule has 0 amide bonds. The Balaban J connectivity index is 1.94. The zero-order chi connectivity index (χ0) is 12.3. The molecule has 17 heavy (non-hydrogen) atoms. The lowest BCUT2D eigenvalue weighted by Gasteiger charge is -2.15. The molecule has 2 rings (SSSR count).